The van der Waals surface area contributed by atoms with Crippen molar-refractivity contribution in [3.05, 3.63) is 59.2 Å². The van der Waals surface area contributed by atoms with Crippen LogP contribution in [0.4, 0.5) is 0 Å². The van der Waals surface area contributed by atoms with Crippen LogP contribution in [0.25, 0.3) is 11.1 Å². The molecule has 2 aromatic carbocycles. The van der Waals surface area contributed by atoms with E-state index in [0.717, 1.165) is 6.42 Å². The zero-order valence-corrected chi connectivity index (χ0v) is 10.2. The molecule has 0 bridgehead atoms. The highest BCUT2D eigenvalue weighted by Crippen LogP contribution is 2.25. The van der Waals surface area contributed by atoms with E-state index in [4.69, 9.17) is 0 Å². The van der Waals surface area contributed by atoms with Gasteiger partial charge in [0.1, 0.15) is 0 Å². The number of benzene rings is 2. The van der Waals surface area contributed by atoms with Crippen LogP contribution in [-0.4, -0.2) is 0 Å². The van der Waals surface area contributed by atoms with E-state index < -0.39 is 0 Å². The first kappa shape index (κ1) is 10.9. The standard InChI is InChI=1S/C16H18/c1-4-14-7-5-6-8-16(14)15-10-9-12(2)13(3)11-15/h5-11H,4H2,1-3H3. The Morgan fingerprint density at radius 1 is 0.875 bits per heavy atom. The normalized spacial score (nSPS) is 10.4. The van der Waals surface area contributed by atoms with E-state index in [-0.39, 0.29) is 0 Å². The third kappa shape index (κ3) is 2.01. The molecule has 0 radical (unpaired) electrons. The second-order valence-electron chi connectivity index (χ2n) is 4.31. The van der Waals surface area contributed by atoms with Gasteiger partial charge >= 0.3 is 0 Å². The molecule has 0 saturated heterocycles. The summed E-state index contributed by atoms with van der Waals surface area (Å²) >= 11 is 0. The molecule has 0 aliphatic heterocycles. The van der Waals surface area contributed by atoms with Crippen LogP contribution in [-0.2, 0) is 6.42 Å². The van der Waals surface area contributed by atoms with Gasteiger partial charge in [0, 0.05) is 0 Å². The molecule has 0 heteroatoms. The van der Waals surface area contributed by atoms with Crippen molar-refractivity contribution in [1.82, 2.24) is 0 Å². The number of hydrogen-bond acceptors (Lipinski definition) is 0. The van der Waals surface area contributed by atoms with E-state index >= 15 is 0 Å². The Kier molecular flexibility index (Phi) is 3.09. The minimum atomic E-state index is 1.09. The predicted octanol–water partition coefficient (Wildman–Crippen LogP) is 4.53. The third-order valence-corrected chi connectivity index (χ3v) is 3.22. The highest BCUT2D eigenvalue weighted by molar-refractivity contribution is 5.68. The summed E-state index contributed by atoms with van der Waals surface area (Å²) in [4.78, 5) is 0. The predicted molar refractivity (Wildman–Crippen MR) is 70.7 cm³/mol. The molecule has 2 rings (SSSR count). The summed E-state index contributed by atoms with van der Waals surface area (Å²) in [5.74, 6) is 0. The molecule has 0 fully saturated rings. The van der Waals surface area contributed by atoms with Gasteiger partial charge in [0.25, 0.3) is 0 Å². The van der Waals surface area contributed by atoms with Crippen molar-refractivity contribution in [3.8, 4) is 11.1 Å². The van der Waals surface area contributed by atoms with Crippen LogP contribution in [0.2, 0.25) is 0 Å². The van der Waals surface area contributed by atoms with Crippen molar-refractivity contribution >= 4 is 0 Å². The Labute approximate surface area is 97.9 Å². The maximum atomic E-state index is 2.28. The molecule has 0 aromatic heterocycles. The molecule has 2 aromatic rings. The Hall–Kier alpha value is -1.56. The molecule has 0 aliphatic carbocycles. The maximum absolute atomic E-state index is 2.28. The van der Waals surface area contributed by atoms with Crippen LogP contribution in [0.15, 0.2) is 42.5 Å². The molecule has 82 valence electrons. The van der Waals surface area contributed by atoms with Gasteiger partial charge in [-0.25, -0.2) is 0 Å². The van der Waals surface area contributed by atoms with Gasteiger partial charge in [0.2, 0.25) is 0 Å². The average Bonchev–Trinajstić information content (AvgIpc) is 2.32. The van der Waals surface area contributed by atoms with Gasteiger partial charge in [-0.1, -0.05) is 49.4 Å². The molecule has 0 saturated carbocycles. The Morgan fingerprint density at radius 2 is 1.62 bits per heavy atom. The van der Waals surface area contributed by atoms with Crippen LogP contribution >= 0.6 is 0 Å². The quantitative estimate of drug-likeness (QED) is 0.683. The lowest BCUT2D eigenvalue weighted by Gasteiger charge is -2.09. The second-order valence-corrected chi connectivity index (χ2v) is 4.31. The van der Waals surface area contributed by atoms with E-state index in [1.54, 1.807) is 0 Å². The molecule has 0 nitrogen and oxygen atoms in total. The topological polar surface area (TPSA) is 0 Å². The molecule has 0 spiro atoms. The summed E-state index contributed by atoms with van der Waals surface area (Å²) in [7, 11) is 0. The Morgan fingerprint density at radius 3 is 2.31 bits per heavy atom. The molecule has 16 heavy (non-hydrogen) atoms. The molecule has 0 heterocycles. The summed E-state index contributed by atoms with van der Waals surface area (Å²) in [6, 6.07) is 15.4. The van der Waals surface area contributed by atoms with E-state index in [9.17, 15) is 0 Å². The van der Waals surface area contributed by atoms with Crippen molar-refractivity contribution < 1.29 is 0 Å². The largest absolute Gasteiger partial charge is 0.0620 e. The van der Waals surface area contributed by atoms with Gasteiger partial charge in [-0.2, -0.15) is 0 Å². The Balaban J connectivity index is 2.54. The minimum absolute atomic E-state index is 1.09. The van der Waals surface area contributed by atoms with E-state index in [1.807, 2.05) is 0 Å². The van der Waals surface area contributed by atoms with Gasteiger partial charge in [-0.15, -0.1) is 0 Å². The number of aryl methyl sites for hydroxylation is 3. The smallest absolute Gasteiger partial charge is 0.0152 e. The Bertz CT molecular complexity index is 495. The van der Waals surface area contributed by atoms with E-state index in [0.29, 0.717) is 0 Å². The summed E-state index contributed by atoms with van der Waals surface area (Å²) in [5, 5.41) is 0. The first-order valence-electron chi connectivity index (χ1n) is 5.88. The monoisotopic (exact) mass is 210 g/mol. The van der Waals surface area contributed by atoms with E-state index in [1.165, 1.54) is 27.8 Å². The SMILES string of the molecule is CCc1ccccc1-c1ccc(C)c(C)c1. The van der Waals surface area contributed by atoms with Crippen molar-refractivity contribution in [2.45, 2.75) is 27.2 Å². The first-order valence-corrected chi connectivity index (χ1v) is 5.88. The fourth-order valence-electron chi connectivity index (χ4n) is 2.02. The molecule has 0 atom stereocenters. The fraction of sp³-hybridized carbons (Fsp3) is 0.250. The van der Waals surface area contributed by atoms with Crippen molar-refractivity contribution in [3.63, 3.8) is 0 Å². The van der Waals surface area contributed by atoms with Crippen LogP contribution in [0.5, 0.6) is 0 Å². The fourth-order valence-corrected chi connectivity index (χ4v) is 2.02. The molecule has 0 aliphatic rings. The van der Waals surface area contributed by atoms with Crippen LogP contribution < -0.4 is 0 Å². The second kappa shape index (κ2) is 4.52. The lowest BCUT2D eigenvalue weighted by atomic mass is 9.95. The van der Waals surface area contributed by atoms with Crippen LogP contribution in [0.1, 0.15) is 23.6 Å². The highest BCUT2D eigenvalue weighted by atomic mass is 14.1. The zero-order chi connectivity index (χ0) is 11.5. The summed E-state index contributed by atoms with van der Waals surface area (Å²) in [6.07, 6.45) is 1.09. The molecule has 0 N–H and O–H groups in total. The van der Waals surface area contributed by atoms with Gasteiger partial charge in [-0.05, 0) is 48.1 Å². The van der Waals surface area contributed by atoms with Crippen LogP contribution in [0.3, 0.4) is 0 Å². The molecular weight excluding hydrogens is 192 g/mol. The lowest BCUT2D eigenvalue weighted by molar-refractivity contribution is 1.14. The summed E-state index contributed by atoms with van der Waals surface area (Å²) in [6.45, 7) is 6.54. The maximum Gasteiger partial charge on any atom is -0.0152 e. The summed E-state index contributed by atoms with van der Waals surface area (Å²) < 4.78 is 0. The first-order chi connectivity index (χ1) is 7.72. The van der Waals surface area contributed by atoms with Gasteiger partial charge in [-0.3, -0.25) is 0 Å². The van der Waals surface area contributed by atoms with Crippen molar-refractivity contribution in [2.24, 2.45) is 0 Å². The molecule has 0 amide bonds. The van der Waals surface area contributed by atoms with Gasteiger partial charge in [0.05, 0.1) is 0 Å². The zero-order valence-electron chi connectivity index (χ0n) is 10.2. The number of hydrogen-bond donors (Lipinski definition) is 0. The van der Waals surface area contributed by atoms with Crippen molar-refractivity contribution in [2.75, 3.05) is 0 Å². The molecule has 0 unspecified atom stereocenters. The van der Waals surface area contributed by atoms with Crippen LogP contribution in [0, 0.1) is 13.8 Å². The minimum Gasteiger partial charge on any atom is -0.0620 e. The van der Waals surface area contributed by atoms with Crippen molar-refractivity contribution in [1.29, 1.82) is 0 Å². The van der Waals surface area contributed by atoms with Gasteiger partial charge in [0.15, 0.2) is 0 Å². The van der Waals surface area contributed by atoms with E-state index in [2.05, 4.69) is 63.2 Å². The lowest BCUT2D eigenvalue weighted by Crippen LogP contribution is -1.88. The third-order valence-electron chi connectivity index (χ3n) is 3.22. The van der Waals surface area contributed by atoms with Gasteiger partial charge < -0.3 is 0 Å². The molecular formula is C16H18. The highest BCUT2D eigenvalue weighted by Gasteiger charge is 2.03. The summed E-state index contributed by atoms with van der Waals surface area (Å²) in [5.41, 5.74) is 6.85. The average molecular weight is 210 g/mol. The number of rotatable bonds is 2.